The molecule has 4 nitrogen and oxygen atoms in total. The molecule has 0 aromatic heterocycles. The summed E-state index contributed by atoms with van der Waals surface area (Å²) in [6.07, 6.45) is 1.71. The van der Waals surface area contributed by atoms with E-state index in [9.17, 15) is 4.79 Å². The van der Waals surface area contributed by atoms with Gasteiger partial charge in [0.15, 0.2) is 0 Å². The summed E-state index contributed by atoms with van der Waals surface area (Å²) in [5.41, 5.74) is 3.01. The quantitative estimate of drug-likeness (QED) is 0.907. The molecule has 1 aliphatic rings. The van der Waals surface area contributed by atoms with Crippen molar-refractivity contribution in [2.24, 2.45) is 4.99 Å². The second-order valence-electron chi connectivity index (χ2n) is 4.94. The van der Waals surface area contributed by atoms with Crippen molar-refractivity contribution in [3.8, 4) is 0 Å². The average Bonchev–Trinajstić information content (AvgIpc) is 2.37. The van der Waals surface area contributed by atoms with Gasteiger partial charge in [-0.25, -0.2) is 4.99 Å². The van der Waals surface area contributed by atoms with Gasteiger partial charge >= 0.3 is 0 Å². The molecule has 20 heavy (non-hydrogen) atoms. The van der Waals surface area contributed by atoms with Crippen LogP contribution in [0.2, 0.25) is 5.02 Å². The normalized spacial score (nSPS) is 17.4. The Kier molecular flexibility index (Phi) is 4.04. The number of hydrogen-bond donors (Lipinski definition) is 1. The number of nitrogens with one attached hydrogen (secondary N) is 1. The van der Waals surface area contributed by atoms with Gasteiger partial charge in [0.2, 0.25) is 5.78 Å². The molecule has 2 rings (SSSR count). The number of anilines is 1. The Bertz CT molecular complexity index is 645. The fourth-order valence-corrected chi connectivity index (χ4v) is 2.08. The first-order valence-electron chi connectivity index (χ1n) is 6.23. The van der Waals surface area contributed by atoms with Crippen LogP contribution in [0.1, 0.15) is 13.3 Å². The lowest BCUT2D eigenvalue weighted by atomic mass is 9.96. The Labute approximate surface area is 123 Å². The first kappa shape index (κ1) is 14.5. The van der Waals surface area contributed by atoms with Crippen molar-refractivity contribution in [1.82, 2.24) is 0 Å². The molecular formula is C15H16ClN3O. The van der Waals surface area contributed by atoms with E-state index in [0.29, 0.717) is 27.7 Å². The van der Waals surface area contributed by atoms with Gasteiger partial charge in [-0.3, -0.25) is 4.79 Å². The van der Waals surface area contributed by atoms with Crippen LogP contribution in [-0.2, 0) is 4.79 Å². The number of ketones is 1. The van der Waals surface area contributed by atoms with Crippen molar-refractivity contribution in [1.29, 1.82) is 5.41 Å². The van der Waals surface area contributed by atoms with Crippen molar-refractivity contribution in [3.63, 3.8) is 0 Å². The number of aliphatic imine (C=N–C) groups is 1. The number of rotatable bonds is 2. The summed E-state index contributed by atoms with van der Waals surface area (Å²) in [4.78, 5) is 18.1. The molecule has 1 aromatic carbocycles. The molecule has 0 amide bonds. The van der Waals surface area contributed by atoms with E-state index < -0.39 is 0 Å². The third-order valence-electron chi connectivity index (χ3n) is 3.16. The summed E-state index contributed by atoms with van der Waals surface area (Å²) in [5.74, 6) is -0.147. The molecule has 5 heteroatoms. The highest BCUT2D eigenvalue weighted by atomic mass is 35.5. The Morgan fingerprint density at radius 2 is 2.05 bits per heavy atom. The number of carbonyl (C=O) groups excluding carboxylic acids is 1. The highest BCUT2D eigenvalue weighted by molar-refractivity contribution is 6.50. The van der Waals surface area contributed by atoms with Crippen LogP contribution in [0, 0.1) is 5.41 Å². The fraction of sp³-hybridized carbons (Fsp3) is 0.267. The smallest absolute Gasteiger partial charge is 0.200 e. The predicted octanol–water partition coefficient (Wildman–Crippen LogP) is 3.42. The summed E-state index contributed by atoms with van der Waals surface area (Å²) < 4.78 is 0. The highest BCUT2D eigenvalue weighted by Crippen LogP contribution is 2.30. The van der Waals surface area contributed by atoms with Crippen LogP contribution in [-0.4, -0.2) is 31.3 Å². The van der Waals surface area contributed by atoms with Gasteiger partial charge in [0.05, 0.1) is 16.4 Å². The molecule has 0 unspecified atom stereocenters. The van der Waals surface area contributed by atoms with Crippen LogP contribution >= 0.6 is 11.6 Å². The summed E-state index contributed by atoms with van der Waals surface area (Å²) in [7, 11) is 3.85. The van der Waals surface area contributed by atoms with Gasteiger partial charge in [-0.15, -0.1) is 0 Å². The van der Waals surface area contributed by atoms with Crippen molar-refractivity contribution in [2.45, 2.75) is 13.3 Å². The van der Waals surface area contributed by atoms with Gasteiger partial charge in [0, 0.05) is 31.9 Å². The highest BCUT2D eigenvalue weighted by Gasteiger charge is 2.19. The molecular weight excluding hydrogens is 274 g/mol. The number of halogens is 1. The van der Waals surface area contributed by atoms with E-state index in [-0.39, 0.29) is 12.2 Å². The van der Waals surface area contributed by atoms with Crippen molar-refractivity contribution in [3.05, 3.63) is 34.9 Å². The first-order chi connectivity index (χ1) is 9.38. The third-order valence-corrected chi connectivity index (χ3v) is 3.46. The second-order valence-corrected chi connectivity index (χ2v) is 5.34. The third kappa shape index (κ3) is 2.96. The first-order valence-corrected chi connectivity index (χ1v) is 6.61. The maximum Gasteiger partial charge on any atom is 0.200 e. The zero-order chi connectivity index (χ0) is 14.9. The molecule has 0 saturated heterocycles. The standard InChI is InChI=1S/C15H16ClN3O/c1-9-6-15(20)14(8-12(9)17)18-13-5-4-10(19(2)3)7-11(13)16/h4-7,17H,8H2,1-3H3. The van der Waals surface area contributed by atoms with Gasteiger partial charge in [0.1, 0.15) is 0 Å². The minimum atomic E-state index is -0.147. The second kappa shape index (κ2) is 5.59. The van der Waals surface area contributed by atoms with E-state index in [2.05, 4.69) is 4.99 Å². The van der Waals surface area contributed by atoms with Crippen LogP contribution in [0.3, 0.4) is 0 Å². The fourth-order valence-electron chi connectivity index (χ4n) is 1.87. The molecule has 1 N–H and O–H groups in total. The number of benzene rings is 1. The van der Waals surface area contributed by atoms with Crippen LogP contribution in [0.5, 0.6) is 0 Å². The van der Waals surface area contributed by atoms with Crippen LogP contribution < -0.4 is 4.90 Å². The summed E-state index contributed by atoms with van der Waals surface area (Å²) in [6.45, 7) is 1.76. The van der Waals surface area contributed by atoms with Crippen LogP contribution in [0.25, 0.3) is 0 Å². The van der Waals surface area contributed by atoms with Crippen LogP contribution in [0.15, 0.2) is 34.8 Å². The molecule has 0 atom stereocenters. The number of allylic oxidation sites excluding steroid dienone is 2. The average molecular weight is 290 g/mol. The van der Waals surface area contributed by atoms with E-state index in [4.69, 9.17) is 17.0 Å². The molecule has 0 fully saturated rings. The van der Waals surface area contributed by atoms with Gasteiger partial charge in [-0.2, -0.15) is 0 Å². The maximum atomic E-state index is 11.9. The van der Waals surface area contributed by atoms with Crippen molar-refractivity contribution in [2.75, 3.05) is 19.0 Å². The lowest BCUT2D eigenvalue weighted by Gasteiger charge is -2.14. The molecule has 0 radical (unpaired) electrons. The lowest BCUT2D eigenvalue weighted by molar-refractivity contribution is -0.109. The minimum absolute atomic E-state index is 0.147. The Morgan fingerprint density at radius 1 is 1.35 bits per heavy atom. The predicted molar refractivity (Wildman–Crippen MR) is 84.0 cm³/mol. The molecule has 0 heterocycles. The Balaban J connectivity index is 2.37. The van der Waals surface area contributed by atoms with Crippen LogP contribution in [0.4, 0.5) is 11.4 Å². The van der Waals surface area contributed by atoms with E-state index in [1.54, 1.807) is 19.1 Å². The molecule has 0 saturated carbocycles. The lowest BCUT2D eigenvalue weighted by Crippen LogP contribution is -2.22. The number of carbonyl (C=O) groups is 1. The molecule has 0 spiro atoms. The van der Waals surface area contributed by atoms with Gasteiger partial charge < -0.3 is 10.3 Å². The zero-order valence-corrected chi connectivity index (χ0v) is 12.5. The SMILES string of the molecule is CC1=CC(=O)C(=Nc2ccc(N(C)C)cc2Cl)CC1=N. The van der Waals surface area contributed by atoms with Gasteiger partial charge in [-0.1, -0.05) is 11.6 Å². The summed E-state index contributed by atoms with van der Waals surface area (Å²) in [6, 6.07) is 5.48. The Hall–Kier alpha value is -1.94. The topological polar surface area (TPSA) is 56.5 Å². The molecule has 104 valence electrons. The molecule has 0 aliphatic heterocycles. The monoisotopic (exact) mass is 289 g/mol. The van der Waals surface area contributed by atoms with E-state index in [1.165, 1.54) is 6.08 Å². The molecule has 1 aliphatic carbocycles. The summed E-state index contributed by atoms with van der Waals surface area (Å²) in [5, 5.41) is 8.28. The van der Waals surface area contributed by atoms with Crippen molar-refractivity contribution >= 4 is 40.2 Å². The minimum Gasteiger partial charge on any atom is -0.378 e. The maximum absolute atomic E-state index is 11.9. The number of hydrogen-bond acceptors (Lipinski definition) is 4. The molecule has 0 bridgehead atoms. The van der Waals surface area contributed by atoms with E-state index >= 15 is 0 Å². The summed E-state index contributed by atoms with van der Waals surface area (Å²) >= 11 is 6.19. The van der Waals surface area contributed by atoms with Crippen molar-refractivity contribution < 1.29 is 4.79 Å². The Morgan fingerprint density at radius 3 is 2.65 bits per heavy atom. The van der Waals surface area contributed by atoms with E-state index in [1.807, 2.05) is 25.1 Å². The zero-order valence-electron chi connectivity index (χ0n) is 11.7. The molecule has 1 aromatic rings. The largest absolute Gasteiger partial charge is 0.378 e. The van der Waals surface area contributed by atoms with Gasteiger partial charge in [-0.05, 0) is 36.8 Å². The number of nitrogens with zero attached hydrogens (tertiary/aromatic N) is 2. The van der Waals surface area contributed by atoms with Gasteiger partial charge in [0.25, 0.3) is 0 Å². The van der Waals surface area contributed by atoms with E-state index in [0.717, 1.165) is 5.69 Å².